The van der Waals surface area contributed by atoms with E-state index < -0.39 is 12.0 Å². The molecule has 0 spiro atoms. The Morgan fingerprint density at radius 2 is 1.91 bits per heavy atom. The molecule has 1 amide bonds. The third-order valence-electron chi connectivity index (χ3n) is 5.65. The number of carbonyl (C=O) groups is 2. The molecule has 0 radical (unpaired) electrons. The fourth-order valence-corrected chi connectivity index (χ4v) is 3.81. The molecule has 0 aliphatic rings. The highest BCUT2D eigenvalue weighted by molar-refractivity contribution is 5.83. The van der Waals surface area contributed by atoms with Crippen LogP contribution in [-0.2, 0) is 29.6 Å². The Labute approximate surface area is 198 Å². The van der Waals surface area contributed by atoms with Crippen LogP contribution in [0.3, 0.4) is 0 Å². The lowest BCUT2D eigenvalue weighted by molar-refractivity contribution is -0.141. The Hall–Kier alpha value is -3.56. The first-order valence-electron chi connectivity index (χ1n) is 11.4. The summed E-state index contributed by atoms with van der Waals surface area (Å²) in [6.45, 7) is 4.30. The third kappa shape index (κ3) is 6.97. The number of rotatable bonds is 12. The predicted molar refractivity (Wildman–Crippen MR) is 124 cm³/mol. The summed E-state index contributed by atoms with van der Waals surface area (Å²) in [5, 5.41) is 24.4. The van der Waals surface area contributed by atoms with E-state index in [1.165, 1.54) is 6.07 Å². The Kier molecular flexibility index (Phi) is 8.50. The maximum Gasteiger partial charge on any atom is 0.326 e. The molecule has 1 atom stereocenters. The summed E-state index contributed by atoms with van der Waals surface area (Å²) in [5.41, 5.74) is 3.34. The van der Waals surface area contributed by atoms with E-state index in [0.717, 1.165) is 36.1 Å². The molecule has 2 heterocycles. The number of hydrogen-bond donors (Lipinski definition) is 2. The monoisotopic (exact) mass is 470 g/mol. The van der Waals surface area contributed by atoms with Gasteiger partial charge >= 0.3 is 5.97 Å². The predicted octanol–water partition coefficient (Wildman–Crippen LogP) is 3.20. The third-order valence-corrected chi connectivity index (χ3v) is 5.65. The lowest BCUT2D eigenvalue weighted by Crippen LogP contribution is -2.42. The van der Waals surface area contributed by atoms with Gasteiger partial charge in [-0.2, -0.15) is 5.10 Å². The number of carboxylic acid groups (broad SMARTS) is 1. The smallest absolute Gasteiger partial charge is 0.326 e. The molecule has 2 N–H and O–H groups in total. The van der Waals surface area contributed by atoms with E-state index in [1.807, 2.05) is 19.9 Å². The largest absolute Gasteiger partial charge is 0.480 e. The van der Waals surface area contributed by atoms with Gasteiger partial charge in [0.25, 0.3) is 0 Å². The highest BCUT2D eigenvalue weighted by Crippen LogP contribution is 2.21. The van der Waals surface area contributed by atoms with Crippen LogP contribution >= 0.6 is 0 Å². The van der Waals surface area contributed by atoms with Crippen molar-refractivity contribution >= 4 is 11.9 Å². The summed E-state index contributed by atoms with van der Waals surface area (Å²) in [4.78, 5) is 23.8. The fourth-order valence-electron chi connectivity index (χ4n) is 3.81. The summed E-state index contributed by atoms with van der Waals surface area (Å²) in [5.74, 6) is -1.64. The Morgan fingerprint density at radius 1 is 1.15 bits per heavy atom. The van der Waals surface area contributed by atoms with E-state index in [4.69, 9.17) is 0 Å². The number of nitrogens with zero attached hydrogens (tertiary/aromatic N) is 5. The van der Waals surface area contributed by atoms with Gasteiger partial charge in [-0.05, 0) is 49.9 Å². The van der Waals surface area contributed by atoms with Crippen LogP contribution in [0.25, 0.3) is 11.3 Å². The second-order valence-electron chi connectivity index (χ2n) is 8.59. The van der Waals surface area contributed by atoms with Gasteiger partial charge in [-0.1, -0.05) is 24.1 Å². The van der Waals surface area contributed by atoms with Crippen molar-refractivity contribution in [3.05, 3.63) is 53.2 Å². The molecule has 9 nitrogen and oxygen atoms in total. The van der Waals surface area contributed by atoms with Crippen LogP contribution in [0.15, 0.2) is 30.6 Å². The maximum atomic E-state index is 14.1. The topological polar surface area (TPSA) is 115 Å². The molecule has 2 aromatic heterocycles. The SMILES string of the molecule is Cc1ccc(-c2cn(CCCCCCC(=O)NC(Cc3cn(C)nc3C)C(=O)O)nn2)c(F)c1. The molecule has 0 bridgehead atoms. The molecule has 3 rings (SSSR count). The molecule has 182 valence electrons. The second kappa shape index (κ2) is 11.5. The highest BCUT2D eigenvalue weighted by Gasteiger charge is 2.22. The number of hydrogen-bond acceptors (Lipinski definition) is 5. The van der Waals surface area contributed by atoms with Gasteiger partial charge in [0.05, 0.1) is 11.9 Å². The first kappa shape index (κ1) is 25.1. The molecule has 0 aliphatic carbocycles. The number of nitrogens with one attached hydrogen (secondary N) is 1. The highest BCUT2D eigenvalue weighted by atomic mass is 19.1. The number of aromatic nitrogens is 5. The molecule has 0 fully saturated rings. The quantitative estimate of drug-likeness (QED) is 0.393. The minimum Gasteiger partial charge on any atom is -0.480 e. The van der Waals surface area contributed by atoms with Crippen LogP contribution in [0.1, 0.15) is 48.9 Å². The van der Waals surface area contributed by atoms with Gasteiger partial charge in [-0.3, -0.25) is 14.2 Å². The summed E-state index contributed by atoms with van der Waals surface area (Å²) < 4.78 is 17.4. The van der Waals surface area contributed by atoms with Crippen LogP contribution in [0.2, 0.25) is 0 Å². The minimum absolute atomic E-state index is 0.202. The zero-order valence-electron chi connectivity index (χ0n) is 19.8. The van der Waals surface area contributed by atoms with E-state index in [2.05, 4.69) is 20.7 Å². The van der Waals surface area contributed by atoms with E-state index in [9.17, 15) is 19.1 Å². The van der Waals surface area contributed by atoms with Gasteiger partial charge in [0.1, 0.15) is 17.6 Å². The molecule has 0 saturated carbocycles. The zero-order chi connectivity index (χ0) is 24.7. The van der Waals surface area contributed by atoms with E-state index in [1.54, 1.807) is 34.9 Å². The maximum absolute atomic E-state index is 14.1. The number of carbonyl (C=O) groups excluding carboxylic acids is 1. The van der Waals surface area contributed by atoms with Gasteiger partial charge < -0.3 is 10.4 Å². The van der Waals surface area contributed by atoms with E-state index >= 15 is 0 Å². The van der Waals surface area contributed by atoms with Gasteiger partial charge in [-0.15, -0.1) is 5.10 Å². The molecule has 34 heavy (non-hydrogen) atoms. The first-order chi connectivity index (χ1) is 16.2. The first-order valence-corrected chi connectivity index (χ1v) is 11.4. The number of unbranched alkanes of at least 4 members (excludes halogenated alkanes) is 3. The second-order valence-corrected chi connectivity index (χ2v) is 8.59. The summed E-state index contributed by atoms with van der Waals surface area (Å²) in [6.07, 6.45) is 7.22. The van der Waals surface area contributed by atoms with Gasteiger partial charge in [-0.25, -0.2) is 9.18 Å². The average Bonchev–Trinajstić information content (AvgIpc) is 3.35. The Balaban J connectivity index is 1.36. The standard InChI is InChI=1S/C24H31FN6O3/c1-16-9-10-19(20(25)12-16)22-15-31(29-27-22)11-7-5-4-6-8-23(32)26-21(24(33)34)13-18-14-30(3)28-17(18)2/h9-10,12,14-15,21H,4-8,11,13H2,1-3H3,(H,26,32)(H,33,34). The molecular formula is C24H31FN6O3. The van der Waals surface area contributed by atoms with Gasteiger partial charge in [0, 0.05) is 38.2 Å². The molecule has 1 aromatic carbocycles. The number of carboxylic acids is 1. The van der Waals surface area contributed by atoms with Crippen molar-refractivity contribution < 1.29 is 19.1 Å². The van der Waals surface area contributed by atoms with Crippen molar-refractivity contribution in [3.8, 4) is 11.3 Å². The lowest BCUT2D eigenvalue weighted by Gasteiger charge is -2.14. The normalized spacial score (nSPS) is 12.0. The van der Waals surface area contributed by atoms with E-state index in [0.29, 0.717) is 24.2 Å². The minimum atomic E-state index is -1.06. The molecule has 0 saturated heterocycles. The summed E-state index contributed by atoms with van der Waals surface area (Å²) in [7, 11) is 1.77. The zero-order valence-corrected chi connectivity index (χ0v) is 19.8. The van der Waals surface area contributed by atoms with Crippen LogP contribution in [0.4, 0.5) is 4.39 Å². The number of halogens is 1. The van der Waals surface area contributed by atoms with Crippen LogP contribution in [0, 0.1) is 19.7 Å². The Bertz CT molecular complexity index is 1140. The fraction of sp³-hybridized carbons (Fsp3) is 0.458. The van der Waals surface area contributed by atoms with Crippen LogP contribution in [-0.4, -0.2) is 47.8 Å². The van der Waals surface area contributed by atoms with Crippen molar-refractivity contribution in [2.24, 2.45) is 7.05 Å². The van der Waals surface area contributed by atoms with Gasteiger partial charge in [0.15, 0.2) is 0 Å². The Morgan fingerprint density at radius 3 is 2.59 bits per heavy atom. The van der Waals surface area contributed by atoms with Gasteiger partial charge in [0.2, 0.25) is 5.91 Å². The number of aryl methyl sites for hydroxylation is 4. The van der Waals surface area contributed by atoms with E-state index in [-0.39, 0.29) is 24.6 Å². The van der Waals surface area contributed by atoms with Crippen molar-refractivity contribution in [2.75, 3.05) is 0 Å². The van der Waals surface area contributed by atoms with Crippen LogP contribution < -0.4 is 5.32 Å². The molecule has 0 aliphatic heterocycles. The molecular weight excluding hydrogens is 439 g/mol. The number of benzene rings is 1. The average molecular weight is 471 g/mol. The van der Waals surface area contributed by atoms with Crippen LogP contribution in [0.5, 0.6) is 0 Å². The number of amides is 1. The lowest BCUT2D eigenvalue weighted by atomic mass is 10.1. The van der Waals surface area contributed by atoms with Crippen molar-refractivity contribution in [1.29, 1.82) is 0 Å². The summed E-state index contributed by atoms with van der Waals surface area (Å²) in [6, 6.07) is 4.04. The van der Waals surface area contributed by atoms with Crippen molar-refractivity contribution in [3.63, 3.8) is 0 Å². The number of aliphatic carboxylic acids is 1. The molecule has 3 aromatic rings. The molecule has 1 unspecified atom stereocenters. The van der Waals surface area contributed by atoms with Crippen molar-refractivity contribution in [2.45, 2.75) is 65.0 Å². The van der Waals surface area contributed by atoms with Crippen molar-refractivity contribution in [1.82, 2.24) is 30.1 Å². The summed E-state index contributed by atoms with van der Waals surface area (Å²) >= 11 is 0. The molecule has 10 heteroatoms.